The van der Waals surface area contributed by atoms with E-state index in [1.807, 2.05) is 13.2 Å². The molecule has 2 heterocycles. The first-order chi connectivity index (χ1) is 6.84. The number of nitrogens with zero attached hydrogens (tertiary/aromatic N) is 3. The zero-order chi connectivity index (χ0) is 9.80. The number of thioether (sulfide) groups is 1. The molecule has 0 spiro atoms. The van der Waals surface area contributed by atoms with E-state index in [9.17, 15) is 0 Å². The maximum absolute atomic E-state index is 4.05. The Morgan fingerprint density at radius 3 is 3.00 bits per heavy atom. The van der Waals surface area contributed by atoms with E-state index in [-0.39, 0.29) is 0 Å². The lowest BCUT2D eigenvalue weighted by Gasteiger charge is -2.21. The monoisotopic (exact) mass is 212 g/mol. The number of rotatable bonds is 3. The molecule has 1 saturated heterocycles. The zero-order valence-corrected chi connectivity index (χ0v) is 9.26. The second-order valence-electron chi connectivity index (χ2n) is 3.65. The van der Waals surface area contributed by atoms with Gasteiger partial charge in [0.15, 0.2) is 0 Å². The van der Waals surface area contributed by atoms with E-state index in [0.717, 1.165) is 12.2 Å². The maximum Gasteiger partial charge on any atom is 0.0964 e. The van der Waals surface area contributed by atoms with Crippen LogP contribution in [0.5, 0.6) is 0 Å². The minimum atomic E-state index is 0.679. The minimum absolute atomic E-state index is 0.679. The van der Waals surface area contributed by atoms with E-state index in [0.29, 0.717) is 6.04 Å². The van der Waals surface area contributed by atoms with Gasteiger partial charge in [-0.15, -0.1) is 5.10 Å². The third-order valence-electron chi connectivity index (χ3n) is 2.44. The molecule has 1 fully saturated rings. The number of aromatic nitrogens is 3. The Bertz CT molecular complexity index is 280. The van der Waals surface area contributed by atoms with Crippen LogP contribution in [0.3, 0.4) is 0 Å². The van der Waals surface area contributed by atoms with Gasteiger partial charge in [-0.05, 0) is 24.3 Å². The second kappa shape index (κ2) is 4.79. The fourth-order valence-electron chi connectivity index (χ4n) is 1.63. The molecule has 1 N–H and O–H groups in total. The molecular formula is C9H16N4S. The van der Waals surface area contributed by atoms with Gasteiger partial charge in [0.25, 0.3) is 0 Å². The van der Waals surface area contributed by atoms with Gasteiger partial charge >= 0.3 is 0 Å². The summed E-state index contributed by atoms with van der Waals surface area (Å²) in [7, 11) is 1.90. The van der Waals surface area contributed by atoms with Crippen LogP contribution in [0.25, 0.3) is 0 Å². The van der Waals surface area contributed by atoms with Gasteiger partial charge in [0.1, 0.15) is 0 Å². The molecule has 0 aliphatic carbocycles. The van der Waals surface area contributed by atoms with Crippen molar-refractivity contribution in [1.82, 2.24) is 20.3 Å². The first kappa shape index (κ1) is 9.98. The van der Waals surface area contributed by atoms with Crippen molar-refractivity contribution in [2.45, 2.75) is 25.4 Å². The average molecular weight is 212 g/mol. The van der Waals surface area contributed by atoms with Crippen molar-refractivity contribution in [2.75, 3.05) is 11.5 Å². The Morgan fingerprint density at radius 2 is 2.36 bits per heavy atom. The highest BCUT2D eigenvalue weighted by atomic mass is 32.2. The van der Waals surface area contributed by atoms with E-state index in [4.69, 9.17) is 0 Å². The highest BCUT2D eigenvalue weighted by molar-refractivity contribution is 7.99. The first-order valence-corrected chi connectivity index (χ1v) is 6.16. The van der Waals surface area contributed by atoms with Crippen molar-refractivity contribution in [3.05, 3.63) is 11.9 Å². The van der Waals surface area contributed by atoms with Crippen molar-refractivity contribution >= 4 is 11.8 Å². The lowest BCUT2D eigenvalue weighted by Crippen LogP contribution is -2.32. The Kier molecular flexibility index (Phi) is 3.42. The molecule has 0 amide bonds. The van der Waals surface area contributed by atoms with Crippen molar-refractivity contribution < 1.29 is 0 Å². The lowest BCUT2D eigenvalue weighted by atomic mass is 10.1. The second-order valence-corrected chi connectivity index (χ2v) is 4.88. The molecule has 14 heavy (non-hydrogen) atoms. The summed E-state index contributed by atoms with van der Waals surface area (Å²) < 4.78 is 1.74. The Morgan fingerprint density at radius 1 is 1.57 bits per heavy atom. The van der Waals surface area contributed by atoms with E-state index < -0.39 is 0 Å². The molecule has 0 aromatic carbocycles. The predicted molar refractivity (Wildman–Crippen MR) is 58.2 cm³/mol. The molecule has 0 saturated carbocycles. The molecular weight excluding hydrogens is 196 g/mol. The molecule has 78 valence electrons. The third-order valence-corrected chi connectivity index (χ3v) is 3.49. The van der Waals surface area contributed by atoms with Crippen LogP contribution in [-0.2, 0) is 13.6 Å². The summed E-state index contributed by atoms with van der Waals surface area (Å²) in [4.78, 5) is 0. The highest BCUT2D eigenvalue weighted by Gasteiger charge is 2.12. The molecule has 4 nitrogen and oxygen atoms in total. The summed E-state index contributed by atoms with van der Waals surface area (Å²) >= 11 is 2.05. The van der Waals surface area contributed by atoms with Crippen LogP contribution in [-0.4, -0.2) is 32.5 Å². The quantitative estimate of drug-likeness (QED) is 0.805. The van der Waals surface area contributed by atoms with E-state index in [1.54, 1.807) is 4.68 Å². The fraction of sp³-hybridized carbons (Fsp3) is 0.778. The van der Waals surface area contributed by atoms with Crippen molar-refractivity contribution in [3.8, 4) is 0 Å². The van der Waals surface area contributed by atoms with Crippen molar-refractivity contribution in [2.24, 2.45) is 7.05 Å². The average Bonchev–Trinajstić information content (AvgIpc) is 2.63. The van der Waals surface area contributed by atoms with E-state index >= 15 is 0 Å². The predicted octanol–water partition coefficient (Wildman–Crippen LogP) is 0.800. The molecule has 0 unspecified atom stereocenters. The highest BCUT2D eigenvalue weighted by Crippen LogP contribution is 2.16. The number of aryl methyl sites for hydroxylation is 1. The Labute approximate surface area is 88.4 Å². The molecule has 0 radical (unpaired) electrons. The molecule has 2 rings (SSSR count). The number of nitrogens with one attached hydrogen (secondary N) is 1. The Hall–Kier alpha value is -0.550. The van der Waals surface area contributed by atoms with Gasteiger partial charge in [0, 0.05) is 25.8 Å². The van der Waals surface area contributed by atoms with Gasteiger partial charge in [-0.25, -0.2) is 0 Å². The van der Waals surface area contributed by atoms with E-state index in [2.05, 4.69) is 27.4 Å². The van der Waals surface area contributed by atoms with Crippen LogP contribution >= 0.6 is 11.8 Å². The molecule has 1 aromatic rings. The van der Waals surface area contributed by atoms with Gasteiger partial charge in [-0.2, -0.15) is 11.8 Å². The van der Waals surface area contributed by atoms with Crippen molar-refractivity contribution in [1.29, 1.82) is 0 Å². The van der Waals surface area contributed by atoms with Crippen molar-refractivity contribution in [3.63, 3.8) is 0 Å². The maximum atomic E-state index is 4.05. The number of hydrogen-bond donors (Lipinski definition) is 1. The zero-order valence-electron chi connectivity index (χ0n) is 8.44. The molecule has 0 atom stereocenters. The molecule has 0 bridgehead atoms. The first-order valence-electron chi connectivity index (χ1n) is 5.01. The molecule has 1 aromatic heterocycles. The third kappa shape index (κ3) is 2.72. The van der Waals surface area contributed by atoms with Gasteiger partial charge < -0.3 is 5.32 Å². The van der Waals surface area contributed by atoms with Crippen LogP contribution in [0, 0.1) is 0 Å². The topological polar surface area (TPSA) is 42.7 Å². The van der Waals surface area contributed by atoms with Gasteiger partial charge in [-0.3, -0.25) is 4.68 Å². The van der Waals surface area contributed by atoms with Crippen LogP contribution in [0.2, 0.25) is 0 Å². The van der Waals surface area contributed by atoms with E-state index in [1.165, 1.54) is 24.3 Å². The lowest BCUT2D eigenvalue weighted by molar-refractivity contribution is 0.478. The van der Waals surface area contributed by atoms with Crippen LogP contribution in [0.4, 0.5) is 0 Å². The van der Waals surface area contributed by atoms with Gasteiger partial charge in [0.2, 0.25) is 0 Å². The smallest absolute Gasteiger partial charge is 0.0964 e. The Balaban J connectivity index is 1.76. The SMILES string of the molecule is Cn1cc(CNC2CCSCC2)nn1. The summed E-state index contributed by atoms with van der Waals surface area (Å²) in [6.45, 7) is 0.850. The van der Waals surface area contributed by atoms with Crippen LogP contribution < -0.4 is 5.32 Å². The molecule has 1 aliphatic heterocycles. The largest absolute Gasteiger partial charge is 0.308 e. The summed E-state index contributed by atoms with van der Waals surface area (Å²) in [6.07, 6.45) is 4.53. The summed E-state index contributed by atoms with van der Waals surface area (Å²) in [5, 5.41) is 11.5. The summed E-state index contributed by atoms with van der Waals surface area (Å²) in [5.74, 6) is 2.58. The van der Waals surface area contributed by atoms with Crippen LogP contribution in [0.15, 0.2) is 6.20 Å². The summed E-state index contributed by atoms with van der Waals surface area (Å²) in [5.41, 5.74) is 1.03. The summed E-state index contributed by atoms with van der Waals surface area (Å²) in [6, 6.07) is 0.679. The minimum Gasteiger partial charge on any atom is -0.308 e. The standard InChI is InChI=1S/C9H16N4S/c1-13-7-9(11-12-13)6-10-8-2-4-14-5-3-8/h7-8,10H,2-6H2,1H3. The normalized spacial score (nSPS) is 18.6. The number of hydrogen-bond acceptors (Lipinski definition) is 4. The molecule has 1 aliphatic rings. The van der Waals surface area contributed by atoms with Gasteiger partial charge in [0.05, 0.1) is 5.69 Å². The molecule has 5 heteroatoms. The van der Waals surface area contributed by atoms with Crippen LogP contribution in [0.1, 0.15) is 18.5 Å². The fourth-order valence-corrected chi connectivity index (χ4v) is 2.73. The van der Waals surface area contributed by atoms with Gasteiger partial charge in [-0.1, -0.05) is 5.21 Å².